The average Bonchev–Trinajstić information content (AvgIpc) is 3.04. The van der Waals surface area contributed by atoms with Crippen LogP contribution in [0.2, 0.25) is 0 Å². The van der Waals surface area contributed by atoms with Gasteiger partial charge in [0.05, 0.1) is 17.8 Å². The smallest absolute Gasteiger partial charge is 0.161 e. The van der Waals surface area contributed by atoms with Gasteiger partial charge in [0.25, 0.3) is 0 Å². The van der Waals surface area contributed by atoms with Gasteiger partial charge in [-0.3, -0.25) is 4.68 Å². The highest BCUT2D eigenvalue weighted by Crippen LogP contribution is 2.31. The van der Waals surface area contributed by atoms with Crippen LogP contribution < -0.4 is 5.73 Å². The third-order valence-electron chi connectivity index (χ3n) is 4.11. The van der Waals surface area contributed by atoms with Gasteiger partial charge in [0.1, 0.15) is 5.52 Å². The van der Waals surface area contributed by atoms with Crippen molar-refractivity contribution >= 4 is 22.1 Å². The van der Waals surface area contributed by atoms with E-state index in [4.69, 9.17) is 5.73 Å². The van der Waals surface area contributed by atoms with Crippen LogP contribution in [-0.2, 0) is 0 Å². The molecule has 0 atom stereocenters. The number of nitrogens with one attached hydrogen (secondary N) is 1. The van der Waals surface area contributed by atoms with Crippen molar-refractivity contribution in [2.75, 3.05) is 0 Å². The molecule has 0 amide bonds. The molecule has 98 valence electrons. The summed E-state index contributed by atoms with van der Waals surface area (Å²) < 4.78 is 2.17. The van der Waals surface area contributed by atoms with Crippen LogP contribution in [0.15, 0.2) is 18.5 Å². The first kappa shape index (κ1) is 10.9. The highest BCUT2D eigenvalue weighted by molar-refractivity contribution is 6.00. The molecule has 3 heterocycles. The molecule has 0 aliphatic heterocycles. The Hall–Kier alpha value is -1.95. The molecule has 1 saturated carbocycles. The van der Waals surface area contributed by atoms with Crippen LogP contribution in [0.4, 0.5) is 0 Å². The van der Waals surface area contributed by atoms with Crippen molar-refractivity contribution in [3.8, 4) is 0 Å². The van der Waals surface area contributed by atoms with Gasteiger partial charge in [0, 0.05) is 17.6 Å². The van der Waals surface area contributed by atoms with Crippen molar-refractivity contribution < 1.29 is 0 Å². The number of hydrogen-bond donors (Lipinski definition) is 2. The van der Waals surface area contributed by atoms with E-state index in [2.05, 4.69) is 25.0 Å². The van der Waals surface area contributed by atoms with Crippen molar-refractivity contribution in [2.45, 2.75) is 37.8 Å². The summed E-state index contributed by atoms with van der Waals surface area (Å²) in [4.78, 5) is 8.57. The van der Waals surface area contributed by atoms with E-state index in [0.717, 1.165) is 47.8 Å². The molecule has 3 aromatic rings. The summed E-state index contributed by atoms with van der Waals surface area (Å²) in [5.74, 6) is 0. The van der Waals surface area contributed by atoms with Gasteiger partial charge in [-0.15, -0.1) is 0 Å². The topological polar surface area (TPSA) is 85.4 Å². The van der Waals surface area contributed by atoms with Gasteiger partial charge in [0.15, 0.2) is 5.65 Å². The molecule has 0 saturated heterocycles. The van der Waals surface area contributed by atoms with Crippen LogP contribution in [-0.4, -0.2) is 31.0 Å². The van der Waals surface area contributed by atoms with Crippen LogP contribution in [0.3, 0.4) is 0 Å². The molecule has 0 bridgehead atoms. The summed E-state index contributed by atoms with van der Waals surface area (Å²) >= 11 is 0. The van der Waals surface area contributed by atoms with Crippen LogP contribution in [0, 0.1) is 0 Å². The zero-order valence-corrected chi connectivity index (χ0v) is 10.6. The predicted octanol–water partition coefficient (Wildman–Crippen LogP) is 1.75. The van der Waals surface area contributed by atoms with Crippen molar-refractivity contribution in [2.24, 2.45) is 5.73 Å². The lowest BCUT2D eigenvalue weighted by atomic mass is 9.92. The largest absolute Gasteiger partial charge is 0.328 e. The average molecular weight is 256 g/mol. The maximum Gasteiger partial charge on any atom is 0.161 e. The minimum atomic E-state index is 0.355. The normalized spacial score (nSPS) is 24.3. The standard InChI is InChI=1S/C13H16N6/c14-8-1-3-9(4-2-8)19-12-10-5-6-15-13(10)16-7-11(12)17-18-19/h5-9,18H,1-4,14H2. The molecule has 0 spiro atoms. The highest BCUT2D eigenvalue weighted by atomic mass is 15.4. The van der Waals surface area contributed by atoms with E-state index in [9.17, 15) is 0 Å². The van der Waals surface area contributed by atoms with Gasteiger partial charge >= 0.3 is 0 Å². The number of aromatic nitrogens is 5. The maximum atomic E-state index is 5.98. The Balaban J connectivity index is 1.87. The van der Waals surface area contributed by atoms with Crippen LogP contribution in [0.25, 0.3) is 22.1 Å². The fourth-order valence-corrected chi connectivity index (χ4v) is 3.05. The Kier molecular flexibility index (Phi) is 2.32. The molecular formula is C13H16N6. The fraction of sp³-hybridized carbons (Fsp3) is 0.462. The summed E-state index contributed by atoms with van der Waals surface area (Å²) in [6, 6.07) is 2.81. The molecule has 19 heavy (non-hydrogen) atoms. The Morgan fingerprint density at radius 1 is 1.21 bits per heavy atom. The summed E-state index contributed by atoms with van der Waals surface area (Å²) in [7, 11) is 0. The lowest BCUT2D eigenvalue weighted by Crippen LogP contribution is -2.28. The molecular weight excluding hydrogens is 240 g/mol. The monoisotopic (exact) mass is 256 g/mol. The third-order valence-corrected chi connectivity index (χ3v) is 4.11. The van der Waals surface area contributed by atoms with Crippen molar-refractivity contribution in [3.63, 3.8) is 0 Å². The Bertz CT molecular complexity index is 719. The molecule has 6 heteroatoms. The second kappa shape index (κ2) is 4.03. The highest BCUT2D eigenvalue weighted by Gasteiger charge is 2.22. The number of fused-ring (bicyclic) bond motifs is 3. The summed E-state index contributed by atoms with van der Waals surface area (Å²) in [5, 5.41) is 8.57. The van der Waals surface area contributed by atoms with Gasteiger partial charge < -0.3 is 5.73 Å². The van der Waals surface area contributed by atoms with Gasteiger partial charge in [-0.05, 0) is 31.7 Å². The van der Waals surface area contributed by atoms with E-state index in [1.54, 1.807) is 12.4 Å². The zero-order chi connectivity index (χ0) is 12.8. The first-order valence-electron chi connectivity index (χ1n) is 6.74. The summed E-state index contributed by atoms with van der Waals surface area (Å²) in [5.41, 5.74) is 8.78. The van der Waals surface area contributed by atoms with Gasteiger partial charge in [-0.25, -0.2) is 15.2 Å². The van der Waals surface area contributed by atoms with Crippen LogP contribution in [0.1, 0.15) is 31.7 Å². The van der Waals surface area contributed by atoms with Gasteiger partial charge in [0.2, 0.25) is 0 Å². The predicted molar refractivity (Wildman–Crippen MR) is 72.7 cm³/mol. The zero-order valence-electron chi connectivity index (χ0n) is 10.6. The van der Waals surface area contributed by atoms with E-state index >= 15 is 0 Å². The number of nitrogens with zero attached hydrogens (tertiary/aromatic N) is 4. The van der Waals surface area contributed by atoms with E-state index in [-0.39, 0.29) is 0 Å². The van der Waals surface area contributed by atoms with E-state index < -0.39 is 0 Å². The first-order chi connectivity index (χ1) is 9.33. The number of pyridine rings is 1. The van der Waals surface area contributed by atoms with E-state index in [1.807, 2.05) is 6.07 Å². The molecule has 1 fully saturated rings. The Labute approximate surface area is 110 Å². The number of nitrogens with two attached hydrogens (primary N) is 1. The molecule has 1 aliphatic carbocycles. The molecule has 0 aromatic carbocycles. The second-order valence-corrected chi connectivity index (χ2v) is 5.32. The number of hydrogen-bond acceptors (Lipinski definition) is 4. The third kappa shape index (κ3) is 1.63. The SMILES string of the molecule is NC1CCC(n2[nH]nc3cnc4nccc4c32)CC1. The maximum absolute atomic E-state index is 5.98. The molecule has 3 aromatic heterocycles. The Morgan fingerprint density at radius 2 is 2.05 bits per heavy atom. The van der Waals surface area contributed by atoms with Crippen LogP contribution in [0.5, 0.6) is 0 Å². The minimum Gasteiger partial charge on any atom is -0.328 e. The van der Waals surface area contributed by atoms with Crippen LogP contribution >= 0.6 is 0 Å². The second-order valence-electron chi connectivity index (χ2n) is 5.32. The fourth-order valence-electron chi connectivity index (χ4n) is 3.05. The lowest BCUT2D eigenvalue weighted by Gasteiger charge is -2.27. The minimum absolute atomic E-state index is 0.355. The summed E-state index contributed by atoms with van der Waals surface area (Å²) in [6.45, 7) is 0. The van der Waals surface area contributed by atoms with Gasteiger partial charge in [-0.1, -0.05) is 0 Å². The number of H-pyrrole nitrogens is 1. The van der Waals surface area contributed by atoms with E-state index in [1.165, 1.54) is 0 Å². The molecule has 4 rings (SSSR count). The number of rotatable bonds is 1. The Morgan fingerprint density at radius 3 is 2.89 bits per heavy atom. The van der Waals surface area contributed by atoms with Crippen molar-refractivity contribution in [3.05, 3.63) is 18.5 Å². The molecule has 0 unspecified atom stereocenters. The first-order valence-corrected chi connectivity index (χ1v) is 6.74. The van der Waals surface area contributed by atoms with Crippen molar-refractivity contribution in [1.29, 1.82) is 0 Å². The van der Waals surface area contributed by atoms with E-state index in [0.29, 0.717) is 12.1 Å². The molecule has 3 N–H and O–H groups in total. The van der Waals surface area contributed by atoms with Crippen molar-refractivity contribution in [1.82, 2.24) is 25.0 Å². The quantitative estimate of drug-likeness (QED) is 0.694. The molecule has 6 nitrogen and oxygen atoms in total. The van der Waals surface area contributed by atoms with Gasteiger partial charge in [-0.2, -0.15) is 5.10 Å². The molecule has 1 aliphatic rings. The molecule has 0 radical (unpaired) electrons. The number of aromatic amines is 1. The summed E-state index contributed by atoms with van der Waals surface area (Å²) in [6.07, 6.45) is 7.93. The lowest BCUT2D eigenvalue weighted by molar-refractivity contribution is 0.306.